The summed E-state index contributed by atoms with van der Waals surface area (Å²) in [7, 11) is 0. The van der Waals surface area contributed by atoms with Crippen LogP contribution in [0.3, 0.4) is 0 Å². The van der Waals surface area contributed by atoms with Gasteiger partial charge in [0.15, 0.2) is 5.65 Å². The van der Waals surface area contributed by atoms with E-state index in [0.29, 0.717) is 17.6 Å². The van der Waals surface area contributed by atoms with E-state index in [4.69, 9.17) is 27.2 Å². The minimum atomic E-state index is -0.761. The molecular formula is C10H12ClN5O3. The maximum atomic E-state index is 9.76. The minimum Gasteiger partial charge on any atom is -0.394 e. The van der Waals surface area contributed by atoms with Crippen molar-refractivity contribution in [3.8, 4) is 0 Å². The third-order valence-corrected chi connectivity index (χ3v) is 3.35. The van der Waals surface area contributed by atoms with E-state index in [0.717, 1.165) is 0 Å². The number of rotatable bonds is 2. The maximum Gasteiger partial charge on any atom is 0.222 e. The summed E-state index contributed by atoms with van der Waals surface area (Å²) in [4.78, 5) is 12.0. The number of aliphatic hydroxyl groups excluding tert-OH is 2. The molecule has 0 saturated carbocycles. The lowest BCUT2D eigenvalue weighted by molar-refractivity contribution is -0.0431. The van der Waals surface area contributed by atoms with Gasteiger partial charge in [-0.05, 0) is 11.6 Å². The van der Waals surface area contributed by atoms with Crippen LogP contribution in [0.25, 0.3) is 11.2 Å². The van der Waals surface area contributed by atoms with Crippen molar-refractivity contribution in [2.75, 3.05) is 12.3 Å². The molecule has 1 fully saturated rings. The number of aromatic nitrogens is 4. The monoisotopic (exact) mass is 285 g/mol. The van der Waals surface area contributed by atoms with E-state index in [1.54, 1.807) is 0 Å². The van der Waals surface area contributed by atoms with Gasteiger partial charge < -0.3 is 20.7 Å². The molecule has 4 N–H and O–H groups in total. The summed E-state index contributed by atoms with van der Waals surface area (Å²) in [6, 6.07) is 0. The molecule has 1 saturated heterocycles. The normalized spacial score (nSPS) is 27.2. The van der Waals surface area contributed by atoms with E-state index in [1.807, 2.05) is 0 Å². The largest absolute Gasteiger partial charge is 0.394 e. The Morgan fingerprint density at radius 2 is 2.32 bits per heavy atom. The van der Waals surface area contributed by atoms with Crippen LogP contribution >= 0.6 is 11.6 Å². The third-order valence-electron chi connectivity index (χ3n) is 3.08. The van der Waals surface area contributed by atoms with Gasteiger partial charge in [0, 0.05) is 6.42 Å². The van der Waals surface area contributed by atoms with Crippen molar-refractivity contribution in [1.29, 1.82) is 0 Å². The molecule has 19 heavy (non-hydrogen) atoms. The molecule has 0 aliphatic carbocycles. The van der Waals surface area contributed by atoms with E-state index in [9.17, 15) is 5.11 Å². The molecule has 3 atom stereocenters. The summed E-state index contributed by atoms with van der Waals surface area (Å²) < 4.78 is 7.07. The van der Waals surface area contributed by atoms with Gasteiger partial charge in [-0.3, -0.25) is 4.57 Å². The molecule has 0 aromatic carbocycles. The predicted octanol–water partition coefficient (Wildman–Crippen LogP) is -0.297. The van der Waals surface area contributed by atoms with E-state index in [-0.39, 0.29) is 17.8 Å². The number of nitrogens with zero attached hydrogens (tertiary/aromatic N) is 4. The molecule has 2 aromatic rings. The van der Waals surface area contributed by atoms with Crippen molar-refractivity contribution in [1.82, 2.24) is 19.5 Å². The average molecular weight is 286 g/mol. The van der Waals surface area contributed by atoms with Crippen LogP contribution in [0.2, 0.25) is 5.28 Å². The van der Waals surface area contributed by atoms with Crippen molar-refractivity contribution in [2.45, 2.75) is 24.9 Å². The number of ether oxygens (including phenoxy) is 1. The number of nitrogens with two attached hydrogens (primary N) is 1. The van der Waals surface area contributed by atoms with Gasteiger partial charge in [-0.25, -0.2) is 9.97 Å². The number of anilines is 1. The summed E-state index contributed by atoms with van der Waals surface area (Å²) in [5, 5.41) is 19.0. The Morgan fingerprint density at radius 3 is 3.00 bits per heavy atom. The van der Waals surface area contributed by atoms with Gasteiger partial charge in [0.25, 0.3) is 0 Å². The highest BCUT2D eigenvalue weighted by atomic mass is 35.5. The van der Waals surface area contributed by atoms with Gasteiger partial charge in [0.05, 0.1) is 18.9 Å². The maximum absolute atomic E-state index is 9.76. The number of imidazole rings is 1. The smallest absolute Gasteiger partial charge is 0.222 e. The van der Waals surface area contributed by atoms with Crippen LogP contribution in [-0.4, -0.2) is 48.5 Å². The Balaban J connectivity index is 2.05. The van der Waals surface area contributed by atoms with Crippen LogP contribution < -0.4 is 5.73 Å². The van der Waals surface area contributed by atoms with Crippen molar-refractivity contribution < 1.29 is 14.9 Å². The number of fused-ring (bicyclic) bond motifs is 1. The molecule has 0 bridgehead atoms. The van der Waals surface area contributed by atoms with Crippen LogP contribution in [0.4, 0.5) is 5.95 Å². The van der Waals surface area contributed by atoms with Crippen molar-refractivity contribution in [3.63, 3.8) is 0 Å². The van der Waals surface area contributed by atoms with Gasteiger partial charge in [-0.15, -0.1) is 0 Å². The number of halogens is 1. The van der Waals surface area contributed by atoms with Gasteiger partial charge in [-0.1, -0.05) is 0 Å². The predicted molar refractivity (Wildman–Crippen MR) is 66.4 cm³/mol. The second-order valence-electron chi connectivity index (χ2n) is 4.30. The van der Waals surface area contributed by atoms with Gasteiger partial charge >= 0.3 is 0 Å². The number of hydrogen-bond donors (Lipinski definition) is 3. The molecule has 102 valence electrons. The number of hydrogen-bond acceptors (Lipinski definition) is 7. The zero-order chi connectivity index (χ0) is 13.6. The number of nitrogen functional groups attached to an aromatic ring is 1. The molecule has 3 rings (SSSR count). The Labute approximate surface area is 112 Å². The third kappa shape index (κ3) is 2.02. The van der Waals surface area contributed by atoms with E-state index in [1.165, 1.54) is 10.8 Å². The average Bonchev–Trinajstić information content (AvgIpc) is 2.88. The van der Waals surface area contributed by atoms with Crippen molar-refractivity contribution in [3.05, 3.63) is 11.5 Å². The Morgan fingerprint density at radius 1 is 1.53 bits per heavy atom. The lowest BCUT2D eigenvalue weighted by Crippen LogP contribution is -2.24. The topological polar surface area (TPSA) is 119 Å². The zero-order valence-corrected chi connectivity index (χ0v) is 10.5. The van der Waals surface area contributed by atoms with Crippen molar-refractivity contribution >= 4 is 28.7 Å². The first-order chi connectivity index (χ1) is 9.10. The van der Waals surface area contributed by atoms with Crippen LogP contribution in [0.5, 0.6) is 0 Å². The molecule has 3 heterocycles. The van der Waals surface area contributed by atoms with Crippen LogP contribution in [0, 0.1) is 0 Å². The molecule has 1 aliphatic heterocycles. The summed E-state index contributed by atoms with van der Waals surface area (Å²) in [6.45, 7) is -0.265. The van der Waals surface area contributed by atoms with Gasteiger partial charge in [0.1, 0.15) is 17.8 Å². The summed E-state index contributed by atoms with van der Waals surface area (Å²) in [5.74, 6) is 0.0996. The summed E-state index contributed by atoms with van der Waals surface area (Å²) in [5.41, 5.74) is 6.47. The fourth-order valence-electron chi connectivity index (χ4n) is 2.17. The molecular weight excluding hydrogens is 274 g/mol. The minimum absolute atomic E-state index is 0.0996. The molecule has 9 heteroatoms. The standard InChI is InChI=1S/C10H12ClN5O3/c11-9-14-4-2-13-10(12)15-8(4)16(9)7-1-5(18)6(3-17)19-7/h2,5-7,17-18H,1,3H2,(H2,12,13,15)/t5-,6+,7+/m1/s1. The van der Waals surface area contributed by atoms with Crippen LogP contribution in [0.1, 0.15) is 12.6 Å². The SMILES string of the molecule is Nc1ncc2nc(Cl)n([C@@H]3C[C@@H](O)[C@H](CO)O3)c2n1. The first kappa shape index (κ1) is 12.5. The van der Waals surface area contributed by atoms with Crippen molar-refractivity contribution in [2.24, 2.45) is 0 Å². The van der Waals surface area contributed by atoms with E-state index in [2.05, 4.69) is 15.0 Å². The highest BCUT2D eigenvalue weighted by Gasteiger charge is 2.36. The van der Waals surface area contributed by atoms with Crippen LogP contribution in [0.15, 0.2) is 6.20 Å². The molecule has 0 spiro atoms. The van der Waals surface area contributed by atoms with E-state index >= 15 is 0 Å². The molecule has 8 nitrogen and oxygen atoms in total. The molecule has 1 aliphatic rings. The molecule has 0 unspecified atom stereocenters. The zero-order valence-electron chi connectivity index (χ0n) is 9.77. The fourth-order valence-corrected chi connectivity index (χ4v) is 2.45. The first-order valence-corrected chi connectivity index (χ1v) is 6.08. The lowest BCUT2D eigenvalue weighted by atomic mass is 10.2. The second kappa shape index (κ2) is 4.57. The Kier molecular flexibility index (Phi) is 3.02. The van der Waals surface area contributed by atoms with Gasteiger partial charge in [0.2, 0.25) is 11.2 Å². The molecule has 0 radical (unpaired) electrons. The summed E-state index contributed by atoms with van der Waals surface area (Å²) >= 11 is 6.06. The quantitative estimate of drug-likeness (QED) is 0.648. The lowest BCUT2D eigenvalue weighted by Gasteiger charge is -2.14. The molecule has 0 amide bonds. The first-order valence-electron chi connectivity index (χ1n) is 5.70. The van der Waals surface area contributed by atoms with Crippen LogP contribution in [-0.2, 0) is 4.74 Å². The summed E-state index contributed by atoms with van der Waals surface area (Å²) in [6.07, 6.45) is -0.186. The Bertz CT molecular complexity index is 618. The highest BCUT2D eigenvalue weighted by molar-refractivity contribution is 6.29. The van der Waals surface area contributed by atoms with Gasteiger partial charge in [-0.2, -0.15) is 4.98 Å². The highest BCUT2D eigenvalue weighted by Crippen LogP contribution is 2.33. The second-order valence-corrected chi connectivity index (χ2v) is 4.64. The Hall–Kier alpha value is -1.48. The number of aliphatic hydroxyl groups is 2. The fraction of sp³-hybridized carbons (Fsp3) is 0.500. The van der Waals surface area contributed by atoms with E-state index < -0.39 is 18.4 Å². The molecule has 2 aromatic heterocycles.